The molecule has 0 aliphatic carbocycles. The zero-order chi connectivity index (χ0) is 9.31. The maximum absolute atomic E-state index is 3.48. The Morgan fingerprint density at radius 3 is 2.31 bits per heavy atom. The topological polar surface area (TPSA) is 12.0 Å². The van der Waals surface area contributed by atoms with Gasteiger partial charge in [-0.05, 0) is 37.4 Å². The van der Waals surface area contributed by atoms with Crippen molar-refractivity contribution < 1.29 is 0 Å². The fraction of sp³-hybridized carbons (Fsp3) is 0.500. The van der Waals surface area contributed by atoms with Crippen molar-refractivity contribution in [3.05, 3.63) is 35.4 Å². The maximum Gasteiger partial charge on any atom is 0.0418 e. The van der Waals surface area contributed by atoms with Gasteiger partial charge in [0.2, 0.25) is 0 Å². The molecule has 2 rings (SSSR count). The summed E-state index contributed by atoms with van der Waals surface area (Å²) in [6, 6.07) is 8.98. The standard InChI is InChI=1S/C12H17N/c1-3-10-4-6-11(7-5-10)12(2)8-9-13-12/h4-7,13H,3,8-9H2,1-2H3. The third kappa shape index (κ3) is 1.49. The van der Waals surface area contributed by atoms with E-state index in [0.29, 0.717) is 0 Å². The molecule has 0 amide bonds. The van der Waals surface area contributed by atoms with Crippen LogP contribution in [0.4, 0.5) is 0 Å². The molecule has 1 aromatic carbocycles. The molecule has 1 aromatic rings. The van der Waals surface area contributed by atoms with Gasteiger partial charge in [0, 0.05) is 5.54 Å². The van der Waals surface area contributed by atoms with Crippen molar-refractivity contribution in [2.75, 3.05) is 6.54 Å². The number of hydrogen-bond donors (Lipinski definition) is 1. The highest BCUT2D eigenvalue weighted by molar-refractivity contribution is 5.29. The third-order valence-electron chi connectivity index (χ3n) is 3.14. The van der Waals surface area contributed by atoms with Crippen molar-refractivity contribution in [2.24, 2.45) is 0 Å². The summed E-state index contributed by atoms with van der Waals surface area (Å²) in [5, 5.41) is 3.48. The number of aryl methyl sites for hydroxylation is 1. The maximum atomic E-state index is 3.48. The minimum atomic E-state index is 0.256. The summed E-state index contributed by atoms with van der Waals surface area (Å²) >= 11 is 0. The summed E-state index contributed by atoms with van der Waals surface area (Å²) in [7, 11) is 0. The minimum Gasteiger partial charge on any atom is -0.307 e. The highest BCUT2D eigenvalue weighted by atomic mass is 15.0. The molecule has 0 spiro atoms. The second-order valence-corrected chi connectivity index (χ2v) is 4.06. The molecule has 1 aliphatic heterocycles. The van der Waals surface area contributed by atoms with Gasteiger partial charge in [0.25, 0.3) is 0 Å². The Kier molecular flexibility index (Phi) is 2.12. The minimum absolute atomic E-state index is 0.256. The van der Waals surface area contributed by atoms with Gasteiger partial charge in [-0.3, -0.25) is 0 Å². The first-order valence-electron chi connectivity index (χ1n) is 5.09. The van der Waals surface area contributed by atoms with Crippen LogP contribution >= 0.6 is 0 Å². The van der Waals surface area contributed by atoms with E-state index in [0.717, 1.165) is 13.0 Å². The van der Waals surface area contributed by atoms with E-state index in [-0.39, 0.29) is 5.54 Å². The van der Waals surface area contributed by atoms with Crippen molar-refractivity contribution in [3.63, 3.8) is 0 Å². The first kappa shape index (κ1) is 8.76. The first-order chi connectivity index (χ1) is 6.24. The average Bonchev–Trinajstić information content (AvgIpc) is 2.14. The number of benzene rings is 1. The van der Waals surface area contributed by atoms with E-state index in [1.54, 1.807) is 0 Å². The average molecular weight is 175 g/mol. The largest absolute Gasteiger partial charge is 0.307 e. The summed E-state index contributed by atoms with van der Waals surface area (Å²) < 4.78 is 0. The predicted molar refractivity (Wildman–Crippen MR) is 55.8 cm³/mol. The van der Waals surface area contributed by atoms with Crippen LogP contribution in [0.1, 0.15) is 31.4 Å². The van der Waals surface area contributed by atoms with Gasteiger partial charge in [0.05, 0.1) is 0 Å². The van der Waals surface area contributed by atoms with Crippen molar-refractivity contribution in [1.82, 2.24) is 5.32 Å². The summed E-state index contributed by atoms with van der Waals surface area (Å²) in [6.07, 6.45) is 2.39. The highest BCUT2D eigenvalue weighted by Gasteiger charge is 2.32. The Labute approximate surface area is 80.2 Å². The van der Waals surface area contributed by atoms with Gasteiger partial charge in [-0.15, -0.1) is 0 Å². The fourth-order valence-electron chi connectivity index (χ4n) is 1.85. The molecule has 0 aromatic heterocycles. The van der Waals surface area contributed by atoms with Gasteiger partial charge < -0.3 is 5.32 Å². The summed E-state index contributed by atoms with van der Waals surface area (Å²) in [5.41, 5.74) is 3.11. The smallest absolute Gasteiger partial charge is 0.0418 e. The molecule has 0 radical (unpaired) electrons. The van der Waals surface area contributed by atoms with E-state index in [4.69, 9.17) is 0 Å². The van der Waals surface area contributed by atoms with Crippen molar-refractivity contribution in [1.29, 1.82) is 0 Å². The van der Waals surface area contributed by atoms with Crippen molar-refractivity contribution >= 4 is 0 Å². The lowest BCUT2D eigenvalue weighted by Crippen LogP contribution is -2.51. The van der Waals surface area contributed by atoms with E-state index in [1.165, 1.54) is 17.5 Å². The summed E-state index contributed by atoms with van der Waals surface area (Å²) in [5.74, 6) is 0. The zero-order valence-corrected chi connectivity index (χ0v) is 8.43. The molecule has 1 fully saturated rings. The van der Waals surface area contributed by atoms with E-state index in [2.05, 4.69) is 43.4 Å². The van der Waals surface area contributed by atoms with Crippen LogP contribution < -0.4 is 5.32 Å². The Bertz CT molecular complexity index is 282. The SMILES string of the molecule is CCc1ccc(C2(C)CCN2)cc1. The number of nitrogens with one attached hydrogen (secondary N) is 1. The van der Waals surface area contributed by atoms with Gasteiger partial charge in [0.1, 0.15) is 0 Å². The van der Waals surface area contributed by atoms with Crippen LogP contribution in [-0.2, 0) is 12.0 Å². The molecule has 1 N–H and O–H groups in total. The second-order valence-electron chi connectivity index (χ2n) is 4.06. The van der Waals surface area contributed by atoms with Gasteiger partial charge in [0.15, 0.2) is 0 Å². The molecule has 0 bridgehead atoms. The second kappa shape index (κ2) is 3.15. The van der Waals surface area contributed by atoms with Crippen LogP contribution in [0, 0.1) is 0 Å². The van der Waals surface area contributed by atoms with Crippen LogP contribution in [0.25, 0.3) is 0 Å². The van der Waals surface area contributed by atoms with Crippen LogP contribution in [0.15, 0.2) is 24.3 Å². The Balaban J connectivity index is 2.22. The molecule has 1 unspecified atom stereocenters. The number of hydrogen-bond acceptors (Lipinski definition) is 1. The van der Waals surface area contributed by atoms with Gasteiger partial charge in [-0.25, -0.2) is 0 Å². The lowest BCUT2D eigenvalue weighted by molar-refractivity contribution is 0.237. The van der Waals surface area contributed by atoms with Gasteiger partial charge in [-0.1, -0.05) is 31.2 Å². The van der Waals surface area contributed by atoms with Crippen LogP contribution in [0.2, 0.25) is 0 Å². The molecule has 13 heavy (non-hydrogen) atoms. The zero-order valence-electron chi connectivity index (χ0n) is 8.43. The monoisotopic (exact) mass is 175 g/mol. The summed E-state index contributed by atoms with van der Waals surface area (Å²) in [4.78, 5) is 0. The quantitative estimate of drug-likeness (QED) is 0.728. The normalized spacial score (nSPS) is 26.9. The first-order valence-corrected chi connectivity index (χ1v) is 5.09. The highest BCUT2D eigenvalue weighted by Crippen LogP contribution is 2.30. The lowest BCUT2D eigenvalue weighted by atomic mass is 9.82. The van der Waals surface area contributed by atoms with E-state index < -0.39 is 0 Å². The van der Waals surface area contributed by atoms with Gasteiger partial charge >= 0.3 is 0 Å². The molecular weight excluding hydrogens is 158 g/mol. The fourth-order valence-corrected chi connectivity index (χ4v) is 1.85. The van der Waals surface area contributed by atoms with Crippen LogP contribution in [-0.4, -0.2) is 6.54 Å². The Morgan fingerprint density at radius 1 is 1.31 bits per heavy atom. The van der Waals surface area contributed by atoms with Crippen molar-refractivity contribution in [3.8, 4) is 0 Å². The summed E-state index contributed by atoms with van der Waals surface area (Å²) in [6.45, 7) is 5.63. The van der Waals surface area contributed by atoms with Crippen LogP contribution in [0.3, 0.4) is 0 Å². The Hall–Kier alpha value is -0.820. The third-order valence-corrected chi connectivity index (χ3v) is 3.14. The van der Waals surface area contributed by atoms with E-state index in [1.807, 2.05) is 0 Å². The predicted octanol–water partition coefficient (Wildman–Crippen LogP) is 2.46. The molecule has 1 atom stereocenters. The molecule has 70 valence electrons. The number of rotatable bonds is 2. The molecular formula is C12H17N. The Morgan fingerprint density at radius 2 is 1.92 bits per heavy atom. The van der Waals surface area contributed by atoms with Crippen LogP contribution in [0.5, 0.6) is 0 Å². The molecule has 1 nitrogen and oxygen atoms in total. The molecule has 0 saturated carbocycles. The molecule has 1 heteroatoms. The lowest BCUT2D eigenvalue weighted by Gasteiger charge is -2.40. The molecule has 1 heterocycles. The van der Waals surface area contributed by atoms with E-state index >= 15 is 0 Å². The van der Waals surface area contributed by atoms with Gasteiger partial charge in [-0.2, -0.15) is 0 Å². The molecule has 1 saturated heterocycles. The molecule has 1 aliphatic rings. The van der Waals surface area contributed by atoms with Crippen molar-refractivity contribution in [2.45, 2.75) is 32.2 Å². The van der Waals surface area contributed by atoms with E-state index in [9.17, 15) is 0 Å².